The molecule has 0 bridgehead atoms. The molecule has 0 aliphatic carbocycles. The van der Waals surface area contributed by atoms with Crippen LogP contribution in [0.15, 0.2) is 135 Å². The van der Waals surface area contributed by atoms with Crippen LogP contribution in [0.1, 0.15) is 0 Å². The van der Waals surface area contributed by atoms with Gasteiger partial charge in [-0.15, -0.1) is 0 Å². The molecule has 0 atom stereocenters. The first-order valence-electron chi connectivity index (χ1n) is 19.0. The number of aromatic nitrogens is 8. The number of ether oxygens (including phenoxy) is 4. The summed E-state index contributed by atoms with van der Waals surface area (Å²) in [6.45, 7) is -0.618. The van der Waals surface area contributed by atoms with E-state index in [4.69, 9.17) is 18.9 Å². The van der Waals surface area contributed by atoms with Crippen molar-refractivity contribution in [1.29, 1.82) is 0 Å². The van der Waals surface area contributed by atoms with E-state index in [1.807, 2.05) is 118 Å². The zero-order valence-corrected chi connectivity index (χ0v) is 31.1. The number of aryl methyl sites for hydroxylation is 2. The Hall–Kier alpha value is -7.73. The van der Waals surface area contributed by atoms with Gasteiger partial charge in [-0.2, -0.15) is 10.2 Å². The molecule has 4 aliphatic rings. The average Bonchev–Trinajstić information content (AvgIpc) is 4.11. The van der Waals surface area contributed by atoms with Crippen LogP contribution in [0.25, 0.3) is 34.2 Å². The van der Waals surface area contributed by atoms with Crippen molar-refractivity contribution in [3.05, 3.63) is 135 Å². The van der Waals surface area contributed by atoms with Crippen LogP contribution in [-0.2, 0) is 14.1 Å². The van der Waals surface area contributed by atoms with Gasteiger partial charge in [0, 0.05) is 85.7 Å². The van der Waals surface area contributed by atoms with Crippen molar-refractivity contribution < 1.29 is 18.9 Å². The van der Waals surface area contributed by atoms with Gasteiger partial charge in [-0.05, 0) is 94.6 Å². The maximum atomic E-state index is 7.07. The van der Waals surface area contributed by atoms with Gasteiger partial charge in [-0.25, -0.2) is 19.3 Å². The third kappa shape index (κ3) is 4.31. The molecule has 0 N–H and O–H groups in total. The van der Waals surface area contributed by atoms with Crippen LogP contribution < -0.4 is 51.7 Å². The predicted molar refractivity (Wildman–Crippen MR) is 220 cm³/mol. The molecule has 0 unspecified atom stereocenters. The van der Waals surface area contributed by atoms with Gasteiger partial charge in [0.15, 0.2) is 23.0 Å². The minimum Gasteiger partial charge on any atom is -0.454 e. The standard InChI is InChI=1S/C44H28B2N8O4/c1-51-19-15-47-43(51)25-5-9-33-29(21-25)45-31-23-27(53-17-3-13-49-53)7-11-35(31)57-41-37(45)39(55-33)40-38-42(41)58-36-12-8-28(54-18-4-14-50-54)24-32(36)46(38)30-22-26(6-10-34(30)56-40)44-48-16-20-52(44)2/h3-24H,1-2H3. The van der Waals surface area contributed by atoms with Crippen LogP contribution in [0.3, 0.4) is 0 Å². The first kappa shape index (κ1) is 31.5. The Balaban J connectivity index is 1.08. The lowest BCUT2D eigenvalue weighted by molar-refractivity contribution is 0.396. The maximum absolute atomic E-state index is 7.07. The second kappa shape index (κ2) is 11.4. The lowest BCUT2D eigenvalue weighted by Gasteiger charge is -2.40. The number of hydrogen-bond acceptors (Lipinski definition) is 8. The molecule has 4 aliphatic heterocycles. The van der Waals surface area contributed by atoms with Crippen LogP contribution in [-0.4, -0.2) is 52.1 Å². The van der Waals surface area contributed by atoms with Crippen molar-refractivity contribution in [1.82, 2.24) is 38.7 Å². The van der Waals surface area contributed by atoms with E-state index in [0.29, 0.717) is 23.0 Å². The summed E-state index contributed by atoms with van der Waals surface area (Å²) in [5.74, 6) is 7.02. The minimum atomic E-state index is -0.309. The molecule has 14 heteroatoms. The molecule has 5 aromatic carbocycles. The second-order valence-corrected chi connectivity index (χ2v) is 15.0. The lowest BCUT2D eigenvalue weighted by atomic mass is 9.32. The molecule has 0 radical (unpaired) electrons. The zero-order valence-electron chi connectivity index (χ0n) is 31.1. The van der Waals surface area contributed by atoms with Crippen molar-refractivity contribution in [3.8, 4) is 80.1 Å². The van der Waals surface area contributed by atoms with Crippen molar-refractivity contribution in [3.63, 3.8) is 0 Å². The first-order chi connectivity index (χ1) is 28.6. The maximum Gasteiger partial charge on any atom is 0.261 e. The molecule has 12 nitrogen and oxygen atoms in total. The van der Waals surface area contributed by atoms with Gasteiger partial charge in [-0.1, -0.05) is 12.1 Å². The monoisotopic (exact) mass is 754 g/mol. The summed E-state index contributed by atoms with van der Waals surface area (Å²) in [7, 11) is 4.00. The fourth-order valence-corrected chi connectivity index (χ4v) is 9.16. The molecule has 274 valence electrons. The molecule has 0 spiro atoms. The summed E-state index contributed by atoms with van der Waals surface area (Å²) in [5, 5.41) is 9.09. The van der Waals surface area contributed by atoms with Gasteiger partial charge < -0.3 is 28.1 Å². The fourth-order valence-electron chi connectivity index (χ4n) is 9.16. The average molecular weight is 754 g/mol. The number of hydrogen-bond donors (Lipinski definition) is 0. The topological polar surface area (TPSA) is 108 Å². The predicted octanol–water partition coefficient (Wildman–Crippen LogP) is 4.31. The normalized spacial score (nSPS) is 13.5. The van der Waals surface area contributed by atoms with Gasteiger partial charge in [0.05, 0.1) is 11.4 Å². The summed E-state index contributed by atoms with van der Waals surface area (Å²) in [4.78, 5) is 9.36. The van der Waals surface area contributed by atoms with Gasteiger partial charge >= 0.3 is 0 Å². The Labute approximate surface area is 331 Å². The molecule has 4 aromatic heterocycles. The van der Waals surface area contributed by atoms with E-state index < -0.39 is 0 Å². The van der Waals surface area contributed by atoms with E-state index >= 15 is 0 Å². The van der Waals surface area contributed by atoms with Crippen LogP contribution in [0.5, 0.6) is 46.0 Å². The van der Waals surface area contributed by atoms with E-state index in [2.05, 4.69) is 56.6 Å². The van der Waals surface area contributed by atoms with Crippen LogP contribution in [0, 0.1) is 0 Å². The van der Waals surface area contributed by atoms with E-state index in [1.54, 1.807) is 12.4 Å². The highest BCUT2D eigenvalue weighted by Gasteiger charge is 2.50. The van der Waals surface area contributed by atoms with Crippen molar-refractivity contribution in [2.75, 3.05) is 0 Å². The SMILES string of the molecule is Cn1ccnc1-c1ccc2c(c1)B1c3cc(-n4cccn4)ccc3Oc3c4c5c(c(c31)O2)Oc1ccc(-c2nccn2C)cc1B5c1cc(-n2cccn2)ccc1O4. The molecule has 13 rings (SSSR count). The second-order valence-electron chi connectivity index (χ2n) is 15.0. The number of benzene rings is 5. The van der Waals surface area contributed by atoms with E-state index in [1.165, 1.54) is 0 Å². The molecular formula is C44H28B2N8O4. The lowest BCUT2D eigenvalue weighted by Crippen LogP contribution is -2.61. The van der Waals surface area contributed by atoms with Crippen molar-refractivity contribution in [2.24, 2.45) is 14.1 Å². The number of nitrogens with zero attached hydrogens (tertiary/aromatic N) is 8. The third-order valence-corrected chi connectivity index (χ3v) is 11.8. The third-order valence-electron chi connectivity index (χ3n) is 11.8. The van der Waals surface area contributed by atoms with Crippen LogP contribution in [0.2, 0.25) is 0 Å². The summed E-state index contributed by atoms with van der Waals surface area (Å²) in [6.07, 6.45) is 15.0. The Bertz CT molecular complexity index is 2960. The van der Waals surface area contributed by atoms with Gasteiger partial charge in [0.1, 0.15) is 34.6 Å². The van der Waals surface area contributed by atoms with Crippen molar-refractivity contribution in [2.45, 2.75) is 0 Å². The summed E-state index contributed by atoms with van der Waals surface area (Å²) < 4.78 is 36.0. The highest BCUT2D eigenvalue weighted by Crippen LogP contribution is 2.49. The summed E-state index contributed by atoms with van der Waals surface area (Å²) >= 11 is 0. The Morgan fingerprint density at radius 2 is 0.845 bits per heavy atom. The van der Waals surface area contributed by atoms with Crippen LogP contribution >= 0.6 is 0 Å². The zero-order chi connectivity index (χ0) is 38.2. The first-order valence-corrected chi connectivity index (χ1v) is 19.0. The highest BCUT2D eigenvalue weighted by atomic mass is 16.5. The Morgan fingerprint density at radius 3 is 1.21 bits per heavy atom. The quantitative estimate of drug-likeness (QED) is 0.245. The van der Waals surface area contributed by atoms with E-state index in [9.17, 15) is 0 Å². The van der Waals surface area contributed by atoms with E-state index in [0.717, 1.165) is 89.9 Å². The van der Waals surface area contributed by atoms with Gasteiger partial charge in [0.2, 0.25) is 0 Å². The number of rotatable bonds is 4. The molecule has 8 heterocycles. The van der Waals surface area contributed by atoms with Crippen LogP contribution in [0.4, 0.5) is 0 Å². The fraction of sp³-hybridized carbons (Fsp3) is 0.0455. The molecule has 0 fully saturated rings. The minimum absolute atomic E-state index is 0.309. The largest absolute Gasteiger partial charge is 0.454 e. The molecule has 0 saturated carbocycles. The smallest absolute Gasteiger partial charge is 0.261 e. The highest BCUT2D eigenvalue weighted by molar-refractivity contribution is 7.00. The molecule has 0 saturated heterocycles. The Kier molecular flexibility index (Phi) is 6.20. The van der Waals surface area contributed by atoms with E-state index in [-0.39, 0.29) is 13.4 Å². The Morgan fingerprint density at radius 1 is 0.448 bits per heavy atom. The number of fused-ring (bicyclic) bond motifs is 10. The summed E-state index contributed by atoms with van der Waals surface area (Å²) in [5.41, 5.74) is 9.37. The molecule has 9 aromatic rings. The molecule has 0 amide bonds. The summed E-state index contributed by atoms with van der Waals surface area (Å²) in [6, 6.07) is 28.8. The van der Waals surface area contributed by atoms with Gasteiger partial charge in [-0.3, -0.25) is 0 Å². The van der Waals surface area contributed by atoms with Crippen molar-refractivity contribution >= 4 is 46.2 Å². The molecular weight excluding hydrogens is 726 g/mol. The molecule has 58 heavy (non-hydrogen) atoms. The number of imidazole rings is 2. The van der Waals surface area contributed by atoms with Gasteiger partial charge in [0.25, 0.3) is 13.4 Å².